The number of amides is 2. The first kappa shape index (κ1) is 21.8. The largest absolute Gasteiger partial charge is 0.369 e. The predicted molar refractivity (Wildman–Crippen MR) is 118 cm³/mol. The van der Waals surface area contributed by atoms with Crippen molar-refractivity contribution in [2.45, 2.75) is 19.3 Å². The summed E-state index contributed by atoms with van der Waals surface area (Å²) in [5.74, 6) is -0.300. The number of likely N-dealkylation sites (tertiary alicyclic amines) is 1. The number of aromatic nitrogens is 3. The van der Waals surface area contributed by atoms with Gasteiger partial charge in [0.2, 0.25) is 5.91 Å². The van der Waals surface area contributed by atoms with Crippen LogP contribution in [-0.2, 0) is 4.79 Å². The minimum absolute atomic E-state index is 0.0835. The van der Waals surface area contributed by atoms with Crippen LogP contribution in [0.4, 0.5) is 4.39 Å². The number of halogens is 1. The molecule has 32 heavy (non-hydrogen) atoms. The van der Waals surface area contributed by atoms with E-state index in [-0.39, 0.29) is 23.5 Å². The zero-order chi connectivity index (χ0) is 22.5. The average molecular weight is 439 g/mol. The fourth-order valence-electron chi connectivity index (χ4n) is 4.09. The quantitative estimate of drug-likeness (QED) is 0.527. The van der Waals surface area contributed by atoms with Gasteiger partial charge in [0.05, 0.1) is 17.8 Å². The first-order valence-electron chi connectivity index (χ1n) is 10.8. The van der Waals surface area contributed by atoms with E-state index in [1.165, 1.54) is 18.3 Å². The van der Waals surface area contributed by atoms with Gasteiger partial charge in [-0.15, -0.1) is 0 Å². The van der Waals surface area contributed by atoms with Crippen LogP contribution in [0.5, 0.6) is 0 Å². The second-order valence-electron chi connectivity index (χ2n) is 8.01. The first-order valence-corrected chi connectivity index (χ1v) is 10.8. The third-order valence-corrected chi connectivity index (χ3v) is 5.75. The monoisotopic (exact) mass is 438 g/mol. The van der Waals surface area contributed by atoms with E-state index in [4.69, 9.17) is 5.73 Å². The summed E-state index contributed by atoms with van der Waals surface area (Å²) in [5.41, 5.74) is 6.53. The number of carbonyl (C=O) groups is 2. The molecule has 1 unspecified atom stereocenters. The molecular weight excluding hydrogens is 411 g/mol. The number of nitrogens with one attached hydrogen (secondary N) is 1. The van der Waals surface area contributed by atoms with Crippen LogP contribution < -0.4 is 11.1 Å². The molecule has 1 atom stereocenters. The standard InChI is InChI=1S/C23H27FN6O2/c24-18-6-8-19(9-7-18)30-23(29-13-1-2-14-29)20(15-27-30)22(32)26-10-4-12-28-11-3-5-17(16-28)21(25)31/h1-2,6-9,13-15,17H,3-5,10-12,16H2,(H2,25,31)(H,26,32). The summed E-state index contributed by atoms with van der Waals surface area (Å²) < 4.78 is 16.8. The van der Waals surface area contributed by atoms with Crippen LogP contribution in [0, 0.1) is 11.7 Å². The lowest BCUT2D eigenvalue weighted by Crippen LogP contribution is -2.42. The molecule has 2 amide bonds. The fraction of sp³-hybridized carbons (Fsp3) is 0.348. The van der Waals surface area contributed by atoms with E-state index in [1.54, 1.807) is 16.8 Å². The van der Waals surface area contributed by atoms with E-state index in [9.17, 15) is 14.0 Å². The van der Waals surface area contributed by atoms with Crippen molar-refractivity contribution in [2.75, 3.05) is 26.2 Å². The minimum Gasteiger partial charge on any atom is -0.369 e. The fourth-order valence-corrected chi connectivity index (χ4v) is 4.09. The zero-order valence-corrected chi connectivity index (χ0v) is 17.8. The molecular formula is C23H27FN6O2. The van der Waals surface area contributed by atoms with E-state index < -0.39 is 0 Å². The van der Waals surface area contributed by atoms with Crippen molar-refractivity contribution in [1.29, 1.82) is 0 Å². The van der Waals surface area contributed by atoms with Crippen molar-refractivity contribution in [2.24, 2.45) is 11.7 Å². The molecule has 168 valence electrons. The van der Waals surface area contributed by atoms with Gasteiger partial charge in [-0.2, -0.15) is 5.10 Å². The van der Waals surface area contributed by atoms with Crippen LogP contribution in [-0.4, -0.2) is 57.2 Å². The van der Waals surface area contributed by atoms with Crippen LogP contribution >= 0.6 is 0 Å². The molecule has 3 aromatic rings. The van der Waals surface area contributed by atoms with Crippen LogP contribution in [0.15, 0.2) is 55.0 Å². The number of hydrogen-bond acceptors (Lipinski definition) is 4. The number of rotatable bonds is 8. The molecule has 8 nitrogen and oxygen atoms in total. The van der Waals surface area contributed by atoms with Crippen molar-refractivity contribution in [3.63, 3.8) is 0 Å². The minimum atomic E-state index is -0.336. The van der Waals surface area contributed by atoms with Gasteiger partial charge in [0.15, 0.2) is 5.82 Å². The maximum absolute atomic E-state index is 13.4. The van der Waals surface area contributed by atoms with E-state index >= 15 is 0 Å². The van der Waals surface area contributed by atoms with Crippen molar-refractivity contribution in [1.82, 2.24) is 24.6 Å². The van der Waals surface area contributed by atoms with Crippen LogP contribution in [0.2, 0.25) is 0 Å². The topological polar surface area (TPSA) is 98.2 Å². The molecule has 1 aromatic carbocycles. The highest BCUT2D eigenvalue weighted by Crippen LogP contribution is 2.20. The van der Waals surface area contributed by atoms with E-state index in [0.717, 1.165) is 32.4 Å². The number of benzene rings is 1. The SMILES string of the molecule is NC(=O)C1CCCN(CCCNC(=O)c2cnn(-c3ccc(F)cc3)c2-n2cccc2)C1. The highest BCUT2D eigenvalue weighted by atomic mass is 19.1. The van der Waals surface area contributed by atoms with E-state index in [2.05, 4.69) is 15.3 Å². The van der Waals surface area contributed by atoms with Crippen molar-refractivity contribution >= 4 is 11.8 Å². The lowest BCUT2D eigenvalue weighted by molar-refractivity contribution is -0.123. The first-order chi connectivity index (χ1) is 15.5. The Morgan fingerprint density at radius 3 is 2.66 bits per heavy atom. The van der Waals surface area contributed by atoms with Gasteiger partial charge in [-0.3, -0.25) is 9.59 Å². The average Bonchev–Trinajstić information content (AvgIpc) is 3.47. The predicted octanol–water partition coefficient (Wildman–Crippen LogP) is 2.12. The molecule has 3 N–H and O–H groups in total. The Morgan fingerprint density at radius 1 is 1.19 bits per heavy atom. The summed E-state index contributed by atoms with van der Waals surface area (Å²) in [7, 11) is 0. The molecule has 1 saturated heterocycles. The molecule has 0 spiro atoms. The normalized spacial score (nSPS) is 16.7. The lowest BCUT2D eigenvalue weighted by Gasteiger charge is -2.31. The molecule has 0 saturated carbocycles. The summed E-state index contributed by atoms with van der Waals surface area (Å²) in [6, 6.07) is 9.69. The third kappa shape index (κ3) is 4.88. The molecule has 3 heterocycles. The number of carbonyl (C=O) groups excluding carboxylic acids is 2. The molecule has 1 fully saturated rings. The maximum Gasteiger partial charge on any atom is 0.256 e. The Kier molecular flexibility index (Phi) is 6.65. The van der Waals surface area contributed by atoms with Crippen molar-refractivity contribution < 1.29 is 14.0 Å². The Morgan fingerprint density at radius 2 is 1.94 bits per heavy atom. The highest BCUT2D eigenvalue weighted by Gasteiger charge is 2.24. The van der Waals surface area contributed by atoms with E-state index in [0.29, 0.717) is 30.2 Å². The van der Waals surface area contributed by atoms with Crippen molar-refractivity contribution in [3.05, 3.63) is 66.4 Å². The Labute approximate surface area is 185 Å². The Balaban J connectivity index is 1.41. The molecule has 4 rings (SSSR count). The third-order valence-electron chi connectivity index (χ3n) is 5.75. The van der Waals surface area contributed by atoms with Gasteiger partial charge in [-0.05, 0) is 68.8 Å². The van der Waals surface area contributed by atoms with Crippen LogP contribution in [0.3, 0.4) is 0 Å². The number of piperidine rings is 1. The zero-order valence-electron chi connectivity index (χ0n) is 17.8. The number of nitrogens with zero attached hydrogens (tertiary/aromatic N) is 4. The summed E-state index contributed by atoms with van der Waals surface area (Å²) in [5, 5.41) is 7.35. The second-order valence-corrected chi connectivity index (χ2v) is 8.01. The second kappa shape index (κ2) is 9.78. The summed E-state index contributed by atoms with van der Waals surface area (Å²) in [6.45, 7) is 2.93. The summed E-state index contributed by atoms with van der Waals surface area (Å²) >= 11 is 0. The number of hydrogen-bond donors (Lipinski definition) is 2. The molecule has 0 bridgehead atoms. The smallest absolute Gasteiger partial charge is 0.256 e. The molecule has 1 aliphatic heterocycles. The molecule has 2 aromatic heterocycles. The van der Waals surface area contributed by atoms with Gasteiger partial charge in [0.1, 0.15) is 11.4 Å². The molecule has 9 heteroatoms. The van der Waals surface area contributed by atoms with Crippen LogP contribution in [0.1, 0.15) is 29.6 Å². The van der Waals surface area contributed by atoms with Gasteiger partial charge in [-0.1, -0.05) is 0 Å². The van der Waals surface area contributed by atoms with Gasteiger partial charge in [0.25, 0.3) is 5.91 Å². The van der Waals surface area contributed by atoms with Gasteiger partial charge < -0.3 is 20.5 Å². The molecule has 0 radical (unpaired) electrons. The summed E-state index contributed by atoms with van der Waals surface area (Å²) in [6.07, 6.45) is 7.77. The van der Waals surface area contributed by atoms with Gasteiger partial charge in [-0.25, -0.2) is 9.07 Å². The van der Waals surface area contributed by atoms with Gasteiger partial charge in [0, 0.05) is 25.5 Å². The van der Waals surface area contributed by atoms with E-state index in [1.807, 2.05) is 29.1 Å². The Hall–Kier alpha value is -3.46. The Bertz CT molecular complexity index is 1060. The summed E-state index contributed by atoms with van der Waals surface area (Å²) in [4.78, 5) is 26.6. The number of nitrogens with two attached hydrogens (primary N) is 1. The van der Waals surface area contributed by atoms with Crippen molar-refractivity contribution in [3.8, 4) is 11.5 Å². The lowest BCUT2D eigenvalue weighted by atomic mass is 9.97. The maximum atomic E-state index is 13.4. The van der Waals surface area contributed by atoms with Gasteiger partial charge >= 0.3 is 0 Å². The number of primary amides is 1. The highest BCUT2D eigenvalue weighted by molar-refractivity contribution is 5.97. The van der Waals surface area contributed by atoms with Crippen LogP contribution in [0.25, 0.3) is 11.5 Å². The molecule has 1 aliphatic rings. The molecule has 0 aliphatic carbocycles.